The molecule has 3 nitrogen and oxygen atoms in total. The normalized spacial score (nSPS) is 10.3. The number of halogens is 2. The van der Waals surface area contributed by atoms with Crippen molar-refractivity contribution in [3.05, 3.63) is 49.0 Å². The molecule has 2 rings (SSSR count). The van der Waals surface area contributed by atoms with Crippen molar-refractivity contribution >= 4 is 49.1 Å². The van der Waals surface area contributed by atoms with E-state index in [1.165, 1.54) is 4.88 Å². The lowest BCUT2D eigenvalue weighted by Gasteiger charge is -2.08. The summed E-state index contributed by atoms with van der Waals surface area (Å²) in [5.74, 6) is 0.562. The van der Waals surface area contributed by atoms with Crippen LogP contribution in [-0.2, 0) is 6.42 Å². The van der Waals surface area contributed by atoms with E-state index in [1.54, 1.807) is 24.5 Å². The second-order valence-electron chi connectivity index (χ2n) is 4.06. The van der Waals surface area contributed by atoms with Crippen molar-refractivity contribution in [2.75, 3.05) is 13.7 Å². The number of carbonyl (C=O) groups excluding carboxylic acids is 1. The Morgan fingerprint density at radius 2 is 2.10 bits per heavy atom. The highest BCUT2D eigenvalue weighted by Crippen LogP contribution is 2.23. The number of thiophene rings is 1. The molecule has 1 N–H and O–H groups in total. The molecule has 0 spiro atoms. The van der Waals surface area contributed by atoms with Gasteiger partial charge in [-0.25, -0.2) is 0 Å². The standard InChI is InChI=1S/C14H13Br2NO2S/c1-19-9-2-4-12(15)11(8-9)14(18)17-7-6-10-3-5-13(16)20-10/h2-5,8H,6-7H2,1H3,(H,17,18). The van der Waals surface area contributed by atoms with E-state index in [0.717, 1.165) is 14.7 Å². The molecule has 0 saturated carbocycles. The lowest BCUT2D eigenvalue weighted by molar-refractivity contribution is 0.0953. The van der Waals surface area contributed by atoms with Gasteiger partial charge in [-0.05, 0) is 68.6 Å². The largest absolute Gasteiger partial charge is 0.497 e. The molecule has 0 fully saturated rings. The van der Waals surface area contributed by atoms with Crippen molar-refractivity contribution in [2.45, 2.75) is 6.42 Å². The fourth-order valence-electron chi connectivity index (χ4n) is 1.69. The van der Waals surface area contributed by atoms with Gasteiger partial charge in [-0.3, -0.25) is 4.79 Å². The Kier molecular flexibility index (Phi) is 5.63. The molecule has 0 aliphatic rings. The van der Waals surface area contributed by atoms with E-state index in [0.29, 0.717) is 17.9 Å². The molecule has 0 unspecified atom stereocenters. The summed E-state index contributed by atoms with van der Waals surface area (Å²) >= 11 is 8.49. The lowest BCUT2D eigenvalue weighted by atomic mass is 10.2. The van der Waals surface area contributed by atoms with E-state index >= 15 is 0 Å². The van der Waals surface area contributed by atoms with Gasteiger partial charge >= 0.3 is 0 Å². The SMILES string of the molecule is COc1ccc(Br)c(C(=O)NCCc2ccc(Br)s2)c1. The van der Waals surface area contributed by atoms with Gasteiger partial charge in [-0.1, -0.05) is 0 Å². The molecule has 0 bridgehead atoms. The number of hydrogen-bond acceptors (Lipinski definition) is 3. The van der Waals surface area contributed by atoms with Gasteiger partial charge in [0.05, 0.1) is 16.5 Å². The number of amides is 1. The van der Waals surface area contributed by atoms with Crippen LogP contribution >= 0.6 is 43.2 Å². The summed E-state index contributed by atoms with van der Waals surface area (Å²) < 4.78 is 7.00. The first-order valence-electron chi connectivity index (χ1n) is 5.96. The third-order valence-corrected chi connectivity index (χ3v) is 5.08. The fraction of sp³-hybridized carbons (Fsp3) is 0.214. The zero-order valence-corrected chi connectivity index (χ0v) is 14.8. The predicted octanol–water partition coefficient (Wildman–Crippen LogP) is 4.25. The minimum Gasteiger partial charge on any atom is -0.497 e. The van der Waals surface area contributed by atoms with Gasteiger partial charge in [-0.15, -0.1) is 11.3 Å². The van der Waals surface area contributed by atoms with E-state index in [1.807, 2.05) is 18.2 Å². The molecule has 0 atom stereocenters. The molecule has 1 amide bonds. The highest BCUT2D eigenvalue weighted by Gasteiger charge is 2.11. The lowest BCUT2D eigenvalue weighted by Crippen LogP contribution is -2.25. The maximum absolute atomic E-state index is 12.1. The summed E-state index contributed by atoms with van der Waals surface area (Å²) in [6, 6.07) is 9.41. The van der Waals surface area contributed by atoms with Crippen molar-refractivity contribution in [1.82, 2.24) is 5.32 Å². The molecule has 0 aliphatic carbocycles. The quantitative estimate of drug-likeness (QED) is 0.787. The van der Waals surface area contributed by atoms with Crippen LogP contribution in [0.15, 0.2) is 38.6 Å². The molecule has 106 valence electrons. The van der Waals surface area contributed by atoms with Crippen LogP contribution in [0.25, 0.3) is 0 Å². The molecular weight excluding hydrogens is 406 g/mol. The van der Waals surface area contributed by atoms with E-state index in [9.17, 15) is 4.79 Å². The van der Waals surface area contributed by atoms with E-state index in [2.05, 4.69) is 43.2 Å². The van der Waals surface area contributed by atoms with Crippen LogP contribution in [0, 0.1) is 0 Å². The first-order valence-corrected chi connectivity index (χ1v) is 8.36. The Balaban J connectivity index is 1.94. The first kappa shape index (κ1) is 15.5. The Labute approximate surface area is 138 Å². The number of nitrogens with one attached hydrogen (secondary N) is 1. The summed E-state index contributed by atoms with van der Waals surface area (Å²) in [5.41, 5.74) is 0.580. The van der Waals surface area contributed by atoms with Crippen LogP contribution in [0.4, 0.5) is 0 Å². The van der Waals surface area contributed by atoms with Crippen LogP contribution in [0.1, 0.15) is 15.2 Å². The summed E-state index contributed by atoms with van der Waals surface area (Å²) in [6.45, 7) is 0.607. The second kappa shape index (κ2) is 7.24. The number of hydrogen-bond donors (Lipinski definition) is 1. The highest BCUT2D eigenvalue weighted by atomic mass is 79.9. The van der Waals surface area contributed by atoms with Gasteiger partial charge in [0.2, 0.25) is 0 Å². The summed E-state index contributed by atoms with van der Waals surface area (Å²) in [5, 5.41) is 2.92. The zero-order valence-electron chi connectivity index (χ0n) is 10.8. The van der Waals surface area contributed by atoms with E-state index in [-0.39, 0.29) is 5.91 Å². The van der Waals surface area contributed by atoms with Crippen LogP contribution in [-0.4, -0.2) is 19.6 Å². The molecule has 20 heavy (non-hydrogen) atoms. The van der Waals surface area contributed by atoms with E-state index < -0.39 is 0 Å². The van der Waals surface area contributed by atoms with Crippen LogP contribution < -0.4 is 10.1 Å². The topological polar surface area (TPSA) is 38.3 Å². The summed E-state index contributed by atoms with van der Waals surface area (Å²) in [6.07, 6.45) is 0.823. The first-order chi connectivity index (χ1) is 9.60. The van der Waals surface area contributed by atoms with Gasteiger partial charge in [0, 0.05) is 15.9 Å². The fourth-order valence-corrected chi connectivity index (χ4v) is 3.60. The molecule has 1 heterocycles. The van der Waals surface area contributed by atoms with Crippen molar-refractivity contribution in [1.29, 1.82) is 0 Å². The molecule has 6 heteroatoms. The molecule has 0 aliphatic heterocycles. The van der Waals surface area contributed by atoms with E-state index in [4.69, 9.17) is 4.74 Å². The molecular formula is C14H13Br2NO2S. The second-order valence-corrected chi connectivity index (χ2v) is 7.46. The number of benzene rings is 1. The van der Waals surface area contributed by atoms with Crippen molar-refractivity contribution in [3.63, 3.8) is 0 Å². The monoisotopic (exact) mass is 417 g/mol. The van der Waals surface area contributed by atoms with Crippen LogP contribution in [0.2, 0.25) is 0 Å². The average Bonchev–Trinajstić information content (AvgIpc) is 2.85. The number of methoxy groups -OCH3 is 1. The van der Waals surface area contributed by atoms with Gasteiger partial charge in [0.25, 0.3) is 5.91 Å². The third kappa shape index (κ3) is 4.07. The number of ether oxygens (including phenoxy) is 1. The minimum absolute atomic E-state index is 0.105. The van der Waals surface area contributed by atoms with Gasteiger partial charge in [0.15, 0.2) is 0 Å². The molecule has 0 radical (unpaired) electrons. The Morgan fingerprint density at radius 1 is 1.30 bits per heavy atom. The maximum atomic E-state index is 12.1. The number of rotatable bonds is 5. The molecule has 1 aromatic carbocycles. The molecule has 2 aromatic rings. The zero-order chi connectivity index (χ0) is 14.5. The van der Waals surface area contributed by atoms with Gasteiger partial charge in [-0.2, -0.15) is 0 Å². The maximum Gasteiger partial charge on any atom is 0.252 e. The summed E-state index contributed by atoms with van der Waals surface area (Å²) in [4.78, 5) is 13.4. The Hall–Kier alpha value is -0.850. The van der Waals surface area contributed by atoms with Gasteiger partial charge in [0.1, 0.15) is 5.75 Å². The third-order valence-electron chi connectivity index (χ3n) is 2.70. The number of carbonyl (C=O) groups is 1. The highest BCUT2D eigenvalue weighted by molar-refractivity contribution is 9.11. The average molecular weight is 419 g/mol. The van der Waals surface area contributed by atoms with Crippen molar-refractivity contribution in [3.8, 4) is 5.75 Å². The van der Waals surface area contributed by atoms with Crippen LogP contribution in [0.5, 0.6) is 5.75 Å². The molecule has 1 aromatic heterocycles. The Bertz CT molecular complexity index is 613. The minimum atomic E-state index is -0.105. The smallest absolute Gasteiger partial charge is 0.252 e. The van der Waals surface area contributed by atoms with Crippen molar-refractivity contribution in [2.24, 2.45) is 0 Å². The Morgan fingerprint density at radius 3 is 2.75 bits per heavy atom. The molecule has 0 saturated heterocycles. The van der Waals surface area contributed by atoms with Crippen molar-refractivity contribution < 1.29 is 9.53 Å². The van der Waals surface area contributed by atoms with Gasteiger partial charge < -0.3 is 10.1 Å². The summed E-state index contributed by atoms with van der Waals surface area (Å²) in [7, 11) is 1.58. The van der Waals surface area contributed by atoms with Crippen LogP contribution in [0.3, 0.4) is 0 Å². The predicted molar refractivity (Wildman–Crippen MR) is 88.8 cm³/mol.